The minimum atomic E-state index is -4.29. The molecular formula is C13H18F3NO. The van der Waals surface area contributed by atoms with Gasteiger partial charge in [-0.3, -0.25) is 0 Å². The number of unbranched alkanes of at least 4 members (excludes halogenated alkanes) is 1. The predicted molar refractivity (Wildman–Crippen MR) is 64.1 cm³/mol. The van der Waals surface area contributed by atoms with Crippen molar-refractivity contribution in [3.8, 4) is 0 Å². The number of benzene rings is 1. The maximum atomic E-state index is 12.5. The Labute approximate surface area is 105 Å². The largest absolute Gasteiger partial charge is 0.416 e. The lowest BCUT2D eigenvalue weighted by Crippen LogP contribution is -2.19. The van der Waals surface area contributed by atoms with E-state index < -0.39 is 11.7 Å². The van der Waals surface area contributed by atoms with Crippen LogP contribution in [-0.4, -0.2) is 30.2 Å². The molecule has 102 valence electrons. The number of alkyl halides is 3. The first kappa shape index (κ1) is 15.0. The Bertz CT molecular complexity index is 365. The fraction of sp³-hybridized carbons (Fsp3) is 0.538. The van der Waals surface area contributed by atoms with Crippen LogP contribution in [0.25, 0.3) is 0 Å². The summed E-state index contributed by atoms with van der Waals surface area (Å²) in [5, 5.41) is 8.65. The summed E-state index contributed by atoms with van der Waals surface area (Å²) in [6.45, 7) is 1.39. The molecule has 0 spiro atoms. The minimum absolute atomic E-state index is 0.150. The van der Waals surface area contributed by atoms with Crippen molar-refractivity contribution in [2.45, 2.75) is 25.6 Å². The fourth-order valence-corrected chi connectivity index (χ4v) is 1.73. The highest BCUT2D eigenvalue weighted by molar-refractivity contribution is 5.25. The Morgan fingerprint density at radius 1 is 1.22 bits per heavy atom. The number of aliphatic hydroxyl groups excluding tert-OH is 1. The molecule has 0 aromatic heterocycles. The topological polar surface area (TPSA) is 23.5 Å². The molecule has 0 heterocycles. The van der Waals surface area contributed by atoms with Gasteiger partial charge in [-0.15, -0.1) is 0 Å². The molecule has 0 radical (unpaired) electrons. The molecule has 18 heavy (non-hydrogen) atoms. The number of halogens is 3. The molecule has 1 rings (SSSR count). The molecule has 0 bridgehead atoms. The molecule has 0 aliphatic heterocycles. The van der Waals surface area contributed by atoms with Gasteiger partial charge >= 0.3 is 6.18 Å². The summed E-state index contributed by atoms with van der Waals surface area (Å²) < 4.78 is 37.5. The Morgan fingerprint density at radius 3 is 2.56 bits per heavy atom. The molecule has 5 heteroatoms. The number of rotatable bonds is 6. The predicted octanol–water partition coefficient (Wildman–Crippen LogP) is 2.91. The van der Waals surface area contributed by atoms with Gasteiger partial charge in [0, 0.05) is 13.2 Å². The van der Waals surface area contributed by atoms with Crippen LogP contribution in [0.3, 0.4) is 0 Å². The lowest BCUT2D eigenvalue weighted by Gasteiger charge is -2.17. The van der Waals surface area contributed by atoms with E-state index in [1.807, 2.05) is 11.9 Å². The van der Waals surface area contributed by atoms with Crippen LogP contribution >= 0.6 is 0 Å². The lowest BCUT2D eigenvalue weighted by atomic mass is 10.1. The molecule has 1 aromatic rings. The van der Waals surface area contributed by atoms with Crippen LogP contribution in [0.5, 0.6) is 0 Å². The molecule has 1 aromatic carbocycles. The number of hydrogen-bond acceptors (Lipinski definition) is 2. The standard InChI is InChI=1S/C13H18F3NO/c1-17(7-2-3-8-18)10-11-5-4-6-12(9-11)13(14,15)16/h4-6,9,18H,2-3,7-8,10H2,1H3. The van der Waals surface area contributed by atoms with Gasteiger partial charge in [0.15, 0.2) is 0 Å². The first-order valence-corrected chi connectivity index (χ1v) is 5.89. The lowest BCUT2D eigenvalue weighted by molar-refractivity contribution is -0.137. The van der Waals surface area contributed by atoms with E-state index in [1.54, 1.807) is 6.07 Å². The molecule has 0 aliphatic carbocycles. The molecule has 0 aliphatic rings. The van der Waals surface area contributed by atoms with Gasteiger partial charge in [0.25, 0.3) is 0 Å². The van der Waals surface area contributed by atoms with Gasteiger partial charge < -0.3 is 10.0 Å². The van der Waals surface area contributed by atoms with E-state index in [4.69, 9.17) is 5.11 Å². The van der Waals surface area contributed by atoms with Crippen molar-refractivity contribution < 1.29 is 18.3 Å². The van der Waals surface area contributed by atoms with Gasteiger partial charge in [-0.25, -0.2) is 0 Å². The summed E-state index contributed by atoms with van der Waals surface area (Å²) in [7, 11) is 1.86. The van der Waals surface area contributed by atoms with E-state index >= 15 is 0 Å². The normalized spacial score (nSPS) is 12.1. The second-order valence-electron chi connectivity index (χ2n) is 4.37. The first-order chi connectivity index (χ1) is 8.43. The molecule has 1 N–H and O–H groups in total. The molecular weight excluding hydrogens is 243 g/mol. The van der Waals surface area contributed by atoms with Crippen molar-refractivity contribution in [2.24, 2.45) is 0 Å². The molecule has 0 amide bonds. The highest BCUT2D eigenvalue weighted by atomic mass is 19.4. The van der Waals surface area contributed by atoms with E-state index in [-0.39, 0.29) is 6.61 Å². The maximum Gasteiger partial charge on any atom is 0.416 e. The Morgan fingerprint density at radius 2 is 1.94 bits per heavy atom. The van der Waals surface area contributed by atoms with Crippen molar-refractivity contribution >= 4 is 0 Å². The van der Waals surface area contributed by atoms with Crippen molar-refractivity contribution in [3.05, 3.63) is 35.4 Å². The number of aliphatic hydroxyl groups is 1. The summed E-state index contributed by atoms with van der Waals surface area (Å²) in [5.41, 5.74) is 0.0417. The monoisotopic (exact) mass is 261 g/mol. The summed E-state index contributed by atoms with van der Waals surface area (Å²) in [4.78, 5) is 1.95. The first-order valence-electron chi connectivity index (χ1n) is 5.89. The van der Waals surface area contributed by atoms with Crippen LogP contribution in [0.15, 0.2) is 24.3 Å². The highest BCUT2D eigenvalue weighted by Crippen LogP contribution is 2.29. The molecule has 0 unspecified atom stereocenters. The quantitative estimate of drug-likeness (QED) is 0.796. The molecule has 0 saturated heterocycles. The van der Waals surface area contributed by atoms with Gasteiger partial charge in [0.05, 0.1) is 5.56 Å². The van der Waals surface area contributed by atoms with Gasteiger partial charge in [0.2, 0.25) is 0 Å². The van der Waals surface area contributed by atoms with E-state index in [2.05, 4.69) is 0 Å². The second kappa shape index (κ2) is 6.75. The second-order valence-corrected chi connectivity index (χ2v) is 4.37. The Hall–Kier alpha value is -1.07. The average Bonchev–Trinajstić information content (AvgIpc) is 2.28. The van der Waals surface area contributed by atoms with E-state index in [1.165, 1.54) is 12.1 Å². The van der Waals surface area contributed by atoms with Crippen LogP contribution in [0, 0.1) is 0 Å². The SMILES string of the molecule is CN(CCCCO)Cc1cccc(C(F)(F)F)c1. The summed E-state index contributed by atoms with van der Waals surface area (Å²) in [5.74, 6) is 0. The smallest absolute Gasteiger partial charge is 0.396 e. The average molecular weight is 261 g/mol. The summed E-state index contributed by atoms with van der Waals surface area (Å²) in [6, 6.07) is 5.38. The van der Waals surface area contributed by atoms with Crippen LogP contribution in [0.2, 0.25) is 0 Å². The molecule has 0 saturated carbocycles. The summed E-state index contributed by atoms with van der Waals surface area (Å²) >= 11 is 0. The third kappa shape index (κ3) is 5.06. The van der Waals surface area contributed by atoms with Crippen LogP contribution < -0.4 is 0 Å². The summed E-state index contributed by atoms with van der Waals surface area (Å²) in [6.07, 6.45) is -2.73. The van der Waals surface area contributed by atoms with Gasteiger partial charge in [-0.05, 0) is 38.1 Å². The van der Waals surface area contributed by atoms with Gasteiger partial charge in [0.1, 0.15) is 0 Å². The zero-order chi connectivity index (χ0) is 13.6. The molecule has 0 atom stereocenters. The zero-order valence-corrected chi connectivity index (χ0v) is 10.4. The van der Waals surface area contributed by atoms with Crippen molar-refractivity contribution in [3.63, 3.8) is 0 Å². The third-order valence-electron chi connectivity index (χ3n) is 2.65. The highest BCUT2D eigenvalue weighted by Gasteiger charge is 2.30. The van der Waals surface area contributed by atoms with E-state index in [9.17, 15) is 13.2 Å². The molecule has 2 nitrogen and oxygen atoms in total. The van der Waals surface area contributed by atoms with Crippen LogP contribution in [-0.2, 0) is 12.7 Å². The number of hydrogen-bond donors (Lipinski definition) is 1. The van der Waals surface area contributed by atoms with E-state index in [0.717, 1.165) is 19.0 Å². The maximum absolute atomic E-state index is 12.5. The Kier molecular flexibility index (Phi) is 5.62. The van der Waals surface area contributed by atoms with Crippen molar-refractivity contribution in [1.82, 2.24) is 4.90 Å². The van der Waals surface area contributed by atoms with Crippen molar-refractivity contribution in [1.29, 1.82) is 0 Å². The van der Waals surface area contributed by atoms with Crippen molar-refractivity contribution in [2.75, 3.05) is 20.2 Å². The Balaban J connectivity index is 2.57. The zero-order valence-electron chi connectivity index (χ0n) is 10.4. The third-order valence-corrected chi connectivity index (χ3v) is 2.65. The molecule has 0 fully saturated rings. The van der Waals surface area contributed by atoms with Gasteiger partial charge in [-0.1, -0.05) is 18.2 Å². The fourth-order valence-electron chi connectivity index (χ4n) is 1.73. The minimum Gasteiger partial charge on any atom is -0.396 e. The van der Waals surface area contributed by atoms with Crippen LogP contribution in [0.1, 0.15) is 24.0 Å². The van der Waals surface area contributed by atoms with Gasteiger partial charge in [-0.2, -0.15) is 13.2 Å². The van der Waals surface area contributed by atoms with E-state index in [0.29, 0.717) is 18.5 Å². The number of nitrogens with zero attached hydrogens (tertiary/aromatic N) is 1. The van der Waals surface area contributed by atoms with Crippen LogP contribution in [0.4, 0.5) is 13.2 Å².